The summed E-state index contributed by atoms with van der Waals surface area (Å²) in [4.78, 5) is 15.1. The van der Waals surface area contributed by atoms with E-state index in [1.54, 1.807) is 6.07 Å². The molecule has 2 heterocycles. The van der Waals surface area contributed by atoms with Gasteiger partial charge < -0.3 is 14.5 Å². The first-order chi connectivity index (χ1) is 15.3. The number of anilines is 2. The van der Waals surface area contributed by atoms with E-state index in [1.807, 2.05) is 11.0 Å². The Morgan fingerprint density at radius 1 is 0.906 bits per heavy atom. The molecule has 2 aliphatic heterocycles. The van der Waals surface area contributed by atoms with Gasteiger partial charge in [-0.3, -0.25) is 10.1 Å². The SMILES string of the molecule is Cc1cccc(N2CCN(c3ccc([N+](=O)[O-])cc3S(=O)(=O)N3CCOCC3)CC2)c1C. The number of non-ortho nitro benzene ring substituents is 1. The van der Waals surface area contributed by atoms with Crippen LogP contribution in [-0.2, 0) is 14.8 Å². The quantitative estimate of drug-likeness (QED) is 0.500. The minimum atomic E-state index is -3.88. The van der Waals surface area contributed by atoms with E-state index in [0.29, 0.717) is 32.0 Å². The smallest absolute Gasteiger partial charge is 0.270 e. The maximum Gasteiger partial charge on any atom is 0.270 e. The molecule has 9 nitrogen and oxygen atoms in total. The summed E-state index contributed by atoms with van der Waals surface area (Å²) < 4.78 is 33.4. The Balaban J connectivity index is 1.62. The lowest BCUT2D eigenvalue weighted by atomic mass is 10.1. The third-order valence-corrected chi connectivity index (χ3v) is 8.21. The first kappa shape index (κ1) is 22.5. The van der Waals surface area contributed by atoms with Gasteiger partial charge in [-0.05, 0) is 37.1 Å². The van der Waals surface area contributed by atoms with Crippen molar-refractivity contribution in [1.29, 1.82) is 0 Å². The molecule has 0 atom stereocenters. The molecule has 4 rings (SSSR count). The van der Waals surface area contributed by atoms with Crippen molar-refractivity contribution in [3.63, 3.8) is 0 Å². The highest BCUT2D eigenvalue weighted by Gasteiger charge is 2.32. The zero-order valence-electron chi connectivity index (χ0n) is 18.4. The molecular weight excluding hydrogens is 432 g/mol. The van der Waals surface area contributed by atoms with Gasteiger partial charge in [0.2, 0.25) is 10.0 Å². The monoisotopic (exact) mass is 460 g/mol. The van der Waals surface area contributed by atoms with Crippen LogP contribution in [0.3, 0.4) is 0 Å². The van der Waals surface area contributed by atoms with E-state index >= 15 is 0 Å². The van der Waals surface area contributed by atoms with E-state index in [1.165, 1.54) is 33.3 Å². The second-order valence-electron chi connectivity index (χ2n) is 8.12. The molecule has 0 spiro atoms. The van der Waals surface area contributed by atoms with E-state index in [0.717, 1.165) is 13.1 Å². The van der Waals surface area contributed by atoms with Crippen molar-refractivity contribution in [1.82, 2.24) is 4.31 Å². The normalized spacial score (nSPS) is 18.1. The molecule has 0 saturated carbocycles. The first-order valence-corrected chi connectivity index (χ1v) is 12.2. The third-order valence-electron chi connectivity index (χ3n) is 6.28. The number of rotatable bonds is 5. The number of nitro benzene ring substituents is 1. The molecule has 2 aliphatic rings. The molecule has 0 amide bonds. The highest BCUT2D eigenvalue weighted by atomic mass is 32.2. The van der Waals surface area contributed by atoms with Crippen LogP contribution in [0.1, 0.15) is 11.1 Å². The van der Waals surface area contributed by atoms with Gasteiger partial charge in [0.15, 0.2) is 0 Å². The Hall–Kier alpha value is -2.69. The summed E-state index contributed by atoms with van der Waals surface area (Å²) in [5, 5.41) is 11.4. The fourth-order valence-corrected chi connectivity index (χ4v) is 5.92. The number of hydrogen-bond acceptors (Lipinski definition) is 7. The van der Waals surface area contributed by atoms with Crippen LogP contribution in [0.25, 0.3) is 0 Å². The van der Waals surface area contributed by atoms with Crippen molar-refractivity contribution >= 4 is 27.1 Å². The number of piperazine rings is 1. The summed E-state index contributed by atoms with van der Waals surface area (Å²) in [5.41, 5.74) is 3.96. The number of hydrogen-bond donors (Lipinski definition) is 0. The number of nitro groups is 1. The van der Waals surface area contributed by atoms with Crippen LogP contribution in [0, 0.1) is 24.0 Å². The van der Waals surface area contributed by atoms with E-state index in [4.69, 9.17) is 4.74 Å². The van der Waals surface area contributed by atoms with Gasteiger partial charge in [0.1, 0.15) is 4.90 Å². The van der Waals surface area contributed by atoms with Crippen LogP contribution < -0.4 is 9.80 Å². The highest BCUT2D eigenvalue weighted by molar-refractivity contribution is 7.89. The lowest BCUT2D eigenvalue weighted by Gasteiger charge is -2.39. The van der Waals surface area contributed by atoms with Crippen LogP contribution in [-0.4, -0.2) is 70.1 Å². The van der Waals surface area contributed by atoms with E-state index in [9.17, 15) is 18.5 Å². The fraction of sp³-hybridized carbons (Fsp3) is 0.455. The summed E-state index contributed by atoms with van der Waals surface area (Å²) in [5.74, 6) is 0. The van der Waals surface area contributed by atoms with Gasteiger partial charge in [-0.25, -0.2) is 8.42 Å². The topological polar surface area (TPSA) is 96.2 Å². The Labute approximate surface area is 188 Å². The summed E-state index contributed by atoms with van der Waals surface area (Å²) in [6.45, 7) is 8.03. The van der Waals surface area contributed by atoms with Gasteiger partial charge in [-0.2, -0.15) is 4.31 Å². The average molecular weight is 461 g/mol. The molecule has 2 saturated heterocycles. The van der Waals surface area contributed by atoms with Gasteiger partial charge in [0.25, 0.3) is 5.69 Å². The Morgan fingerprint density at radius 3 is 2.16 bits per heavy atom. The van der Waals surface area contributed by atoms with Crippen LogP contribution in [0.2, 0.25) is 0 Å². The standard InChI is InChI=1S/C22H28N4O5S/c1-17-4-3-5-20(18(17)2)23-8-10-24(11-9-23)21-7-6-19(26(27)28)16-22(21)32(29,30)25-12-14-31-15-13-25/h3-7,16H,8-15H2,1-2H3. The molecule has 10 heteroatoms. The maximum absolute atomic E-state index is 13.4. The Bertz CT molecular complexity index is 1110. The average Bonchev–Trinajstić information content (AvgIpc) is 2.81. The second kappa shape index (κ2) is 9.05. The number of benzene rings is 2. The Kier molecular flexibility index (Phi) is 6.36. The maximum atomic E-state index is 13.4. The van der Waals surface area contributed by atoms with Gasteiger partial charge in [-0.1, -0.05) is 12.1 Å². The highest BCUT2D eigenvalue weighted by Crippen LogP contribution is 2.33. The molecule has 0 aromatic heterocycles. The number of sulfonamides is 1. The van der Waals surface area contributed by atoms with Gasteiger partial charge in [0.05, 0.1) is 23.8 Å². The molecule has 172 valence electrons. The number of aryl methyl sites for hydroxylation is 1. The first-order valence-electron chi connectivity index (χ1n) is 10.7. The Morgan fingerprint density at radius 2 is 1.53 bits per heavy atom. The summed E-state index contributed by atoms with van der Waals surface area (Å²) in [7, 11) is -3.88. The molecule has 0 N–H and O–H groups in total. The van der Waals surface area contributed by atoms with Crippen molar-refractivity contribution < 1.29 is 18.1 Å². The van der Waals surface area contributed by atoms with Gasteiger partial charge in [-0.15, -0.1) is 0 Å². The minimum absolute atomic E-state index is 0.00575. The lowest BCUT2D eigenvalue weighted by molar-refractivity contribution is -0.385. The summed E-state index contributed by atoms with van der Waals surface area (Å²) in [6.07, 6.45) is 0. The largest absolute Gasteiger partial charge is 0.379 e. The minimum Gasteiger partial charge on any atom is -0.379 e. The second-order valence-corrected chi connectivity index (χ2v) is 10.0. The lowest BCUT2D eigenvalue weighted by Crippen LogP contribution is -2.47. The summed E-state index contributed by atoms with van der Waals surface area (Å²) in [6, 6.07) is 10.4. The molecular formula is C22H28N4O5S. The van der Waals surface area contributed by atoms with Crippen LogP contribution in [0.4, 0.5) is 17.1 Å². The van der Waals surface area contributed by atoms with Crippen molar-refractivity contribution in [2.45, 2.75) is 18.7 Å². The predicted octanol–water partition coefficient (Wildman–Crippen LogP) is 2.56. The van der Waals surface area contributed by atoms with Crippen molar-refractivity contribution in [3.8, 4) is 0 Å². The molecule has 2 fully saturated rings. The fourth-order valence-electron chi connectivity index (χ4n) is 4.28. The molecule has 0 radical (unpaired) electrons. The van der Waals surface area contributed by atoms with Gasteiger partial charge >= 0.3 is 0 Å². The van der Waals surface area contributed by atoms with Crippen molar-refractivity contribution in [3.05, 3.63) is 57.6 Å². The predicted molar refractivity (Wildman–Crippen MR) is 123 cm³/mol. The number of nitrogens with zero attached hydrogens (tertiary/aromatic N) is 4. The van der Waals surface area contributed by atoms with Crippen molar-refractivity contribution in [2.24, 2.45) is 0 Å². The number of ether oxygens (including phenoxy) is 1. The van der Waals surface area contributed by atoms with Crippen LogP contribution in [0.5, 0.6) is 0 Å². The molecule has 32 heavy (non-hydrogen) atoms. The number of morpholine rings is 1. The van der Waals surface area contributed by atoms with Crippen LogP contribution in [0.15, 0.2) is 41.3 Å². The molecule has 0 aliphatic carbocycles. The molecule has 2 aromatic rings. The molecule has 2 aromatic carbocycles. The molecule has 0 unspecified atom stereocenters. The molecule has 0 bridgehead atoms. The summed E-state index contributed by atoms with van der Waals surface area (Å²) >= 11 is 0. The van der Waals surface area contributed by atoms with Crippen LogP contribution >= 0.6 is 0 Å². The zero-order valence-corrected chi connectivity index (χ0v) is 19.2. The zero-order chi connectivity index (χ0) is 22.9. The van der Waals surface area contributed by atoms with Crippen molar-refractivity contribution in [2.75, 3.05) is 62.3 Å². The van der Waals surface area contributed by atoms with E-state index in [2.05, 4.69) is 30.9 Å². The third kappa shape index (κ3) is 4.30. The van der Waals surface area contributed by atoms with Gasteiger partial charge in [0, 0.05) is 57.1 Å². The van der Waals surface area contributed by atoms with E-state index in [-0.39, 0.29) is 23.7 Å². The van der Waals surface area contributed by atoms with E-state index < -0.39 is 14.9 Å².